The number of nitrogens with zero attached hydrogens (tertiary/aromatic N) is 2. The van der Waals surface area contributed by atoms with Gasteiger partial charge in [0.05, 0.1) is 12.6 Å². The molecule has 6 heteroatoms. The van der Waals surface area contributed by atoms with E-state index in [1.165, 1.54) is 0 Å². The number of benzene rings is 1. The molecule has 1 saturated heterocycles. The van der Waals surface area contributed by atoms with Crippen LogP contribution in [0.4, 0.5) is 10.5 Å². The molecule has 1 fully saturated rings. The number of anilines is 1. The van der Waals surface area contributed by atoms with Crippen LogP contribution in [0.15, 0.2) is 18.2 Å². The summed E-state index contributed by atoms with van der Waals surface area (Å²) in [4.78, 5) is 28.6. The number of ether oxygens (including phenoxy) is 2. The summed E-state index contributed by atoms with van der Waals surface area (Å²) in [5, 5.41) is 0. The first-order chi connectivity index (χ1) is 12.5. The van der Waals surface area contributed by atoms with Crippen molar-refractivity contribution in [1.29, 1.82) is 0 Å². The van der Waals surface area contributed by atoms with Crippen molar-refractivity contribution in [2.45, 2.75) is 46.1 Å². The van der Waals surface area contributed by atoms with E-state index >= 15 is 0 Å². The van der Waals surface area contributed by atoms with Gasteiger partial charge in [0.2, 0.25) is 5.91 Å². The minimum atomic E-state index is -0.409. The van der Waals surface area contributed by atoms with Crippen molar-refractivity contribution >= 4 is 17.7 Å². The van der Waals surface area contributed by atoms with Gasteiger partial charge in [-0.3, -0.25) is 9.69 Å². The van der Waals surface area contributed by atoms with Crippen LogP contribution in [0.3, 0.4) is 0 Å². The van der Waals surface area contributed by atoms with E-state index in [9.17, 15) is 9.59 Å². The highest BCUT2D eigenvalue weighted by Gasteiger charge is 2.36. The highest BCUT2D eigenvalue weighted by molar-refractivity contribution is 5.98. The normalized spacial score (nSPS) is 17.5. The SMILES string of the molecule is CCCCOC(=O)N1CC(=O)N(c2cccc(C)c2C)CC1CCOC. The van der Waals surface area contributed by atoms with E-state index in [4.69, 9.17) is 9.47 Å². The van der Waals surface area contributed by atoms with Crippen LogP contribution >= 0.6 is 0 Å². The fraction of sp³-hybridized carbons (Fsp3) is 0.600. The Bertz CT molecular complexity index is 632. The molecule has 0 bridgehead atoms. The van der Waals surface area contributed by atoms with Gasteiger partial charge in [0.15, 0.2) is 0 Å². The maximum Gasteiger partial charge on any atom is 0.410 e. The van der Waals surface area contributed by atoms with Gasteiger partial charge in [-0.05, 0) is 43.9 Å². The molecule has 2 amide bonds. The molecule has 6 nitrogen and oxygen atoms in total. The number of hydrogen-bond donors (Lipinski definition) is 0. The largest absolute Gasteiger partial charge is 0.449 e. The lowest BCUT2D eigenvalue weighted by Gasteiger charge is -2.40. The number of piperazine rings is 1. The van der Waals surface area contributed by atoms with Gasteiger partial charge in [-0.1, -0.05) is 25.5 Å². The van der Waals surface area contributed by atoms with E-state index in [0.29, 0.717) is 26.2 Å². The minimum Gasteiger partial charge on any atom is -0.449 e. The number of methoxy groups -OCH3 is 1. The lowest BCUT2D eigenvalue weighted by Crippen LogP contribution is -2.58. The standard InChI is InChI=1S/C20H30N2O4/c1-5-6-11-26-20(24)21-14-19(23)22(13-17(21)10-12-25-4)18-9-7-8-15(2)16(18)3/h7-9,17H,5-6,10-14H2,1-4H3. The Morgan fingerprint density at radius 1 is 1.27 bits per heavy atom. The average Bonchev–Trinajstić information content (AvgIpc) is 2.63. The molecule has 0 aromatic heterocycles. The van der Waals surface area contributed by atoms with Crippen LogP contribution in [0, 0.1) is 13.8 Å². The predicted octanol–water partition coefficient (Wildman–Crippen LogP) is 3.29. The Kier molecular flexibility index (Phi) is 7.45. The van der Waals surface area contributed by atoms with Crippen molar-refractivity contribution in [3.63, 3.8) is 0 Å². The molecule has 0 radical (unpaired) electrons. The molecule has 1 aliphatic heterocycles. The fourth-order valence-electron chi connectivity index (χ4n) is 3.13. The van der Waals surface area contributed by atoms with Crippen molar-refractivity contribution in [2.24, 2.45) is 0 Å². The monoisotopic (exact) mass is 362 g/mol. The molecule has 1 atom stereocenters. The van der Waals surface area contributed by atoms with E-state index in [0.717, 1.165) is 29.7 Å². The number of amides is 2. The van der Waals surface area contributed by atoms with Gasteiger partial charge in [-0.25, -0.2) is 4.79 Å². The highest BCUT2D eigenvalue weighted by Crippen LogP contribution is 2.27. The summed E-state index contributed by atoms with van der Waals surface area (Å²) in [7, 11) is 1.64. The van der Waals surface area contributed by atoms with E-state index in [-0.39, 0.29) is 18.5 Å². The molecule has 144 valence electrons. The molecule has 0 aliphatic carbocycles. The third-order valence-electron chi connectivity index (χ3n) is 4.92. The summed E-state index contributed by atoms with van der Waals surface area (Å²) in [6, 6.07) is 5.83. The molecule has 0 N–H and O–H groups in total. The zero-order chi connectivity index (χ0) is 19.1. The molecular formula is C20H30N2O4. The summed E-state index contributed by atoms with van der Waals surface area (Å²) in [6.45, 7) is 7.50. The highest BCUT2D eigenvalue weighted by atomic mass is 16.6. The van der Waals surface area contributed by atoms with Gasteiger partial charge in [0.25, 0.3) is 0 Å². The smallest absolute Gasteiger partial charge is 0.410 e. The Morgan fingerprint density at radius 2 is 2.04 bits per heavy atom. The topological polar surface area (TPSA) is 59.1 Å². The Balaban J connectivity index is 2.18. The number of carbonyl (C=O) groups excluding carboxylic acids is 2. The van der Waals surface area contributed by atoms with Crippen LogP contribution in [0.25, 0.3) is 0 Å². The van der Waals surface area contributed by atoms with Gasteiger partial charge in [-0.15, -0.1) is 0 Å². The second kappa shape index (κ2) is 9.57. The second-order valence-electron chi connectivity index (χ2n) is 6.75. The number of carbonyl (C=O) groups is 2. The molecule has 1 aliphatic rings. The maximum atomic E-state index is 12.8. The zero-order valence-electron chi connectivity index (χ0n) is 16.3. The molecule has 0 saturated carbocycles. The van der Waals surface area contributed by atoms with Crippen molar-refractivity contribution in [3.05, 3.63) is 29.3 Å². The molecule has 26 heavy (non-hydrogen) atoms. The first-order valence-corrected chi connectivity index (χ1v) is 9.28. The third kappa shape index (κ3) is 4.75. The van der Waals surface area contributed by atoms with E-state index < -0.39 is 6.09 Å². The Hall–Kier alpha value is -2.08. The summed E-state index contributed by atoms with van der Waals surface area (Å²) in [6.07, 6.45) is 2.03. The van der Waals surface area contributed by atoms with Crippen LogP contribution in [0.2, 0.25) is 0 Å². The van der Waals surface area contributed by atoms with Crippen LogP contribution in [0.5, 0.6) is 0 Å². The number of aryl methyl sites for hydroxylation is 1. The van der Waals surface area contributed by atoms with Crippen LogP contribution in [-0.2, 0) is 14.3 Å². The molecule has 2 rings (SSSR count). The van der Waals surface area contributed by atoms with E-state index in [1.807, 2.05) is 39.0 Å². The molecular weight excluding hydrogens is 332 g/mol. The van der Waals surface area contributed by atoms with Gasteiger partial charge < -0.3 is 14.4 Å². The van der Waals surface area contributed by atoms with E-state index in [2.05, 4.69) is 0 Å². The first-order valence-electron chi connectivity index (χ1n) is 9.28. The quantitative estimate of drug-likeness (QED) is 0.699. The van der Waals surface area contributed by atoms with Crippen LogP contribution < -0.4 is 4.90 Å². The summed E-state index contributed by atoms with van der Waals surface area (Å²) >= 11 is 0. The zero-order valence-corrected chi connectivity index (χ0v) is 16.3. The van der Waals surface area contributed by atoms with Crippen LogP contribution in [-0.4, -0.2) is 56.4 Å². The maximum absolute atomic E-state index is 12.8. The second-order valence-corrected chi connectivity index (χ2v) is 6.75. The van der Waals surface area contributed by atoms with Gasteiger partial charge in [-0.2, -0.15) is 0 Å². The van der Waals surface area contributed by atoms with Gasteiger partial charge in [0, 0.05) is 25.9 Å². The number of rotatable bonds is 7. The lowest BCUT2D eigenvalue weighted by atomic mass is 10.0. The Morgan fingerprint density at radius 3 is 2.73 bits per heavy atom. The average molecular weight is 362 g/mol. The van der Waals surface area contributed by atoms with Gasteiger partial charge >= 0.3 is 6.09 Å². The van der Waals surface area contributed by atoms with Gasteiger partial charge in [0.1, 0.15) is 6.54 Å². The molecule has 1 heterocycles. The van der Waals surface area contributed by atoms with Crippen molar-refractivity contribution in [2.75, 3.05) is 38.3 Å². The lowest BCUT2D eigenvalue weighted by molar-refractivity contribution is -0.122. The molecule has 1 unspecified atom stereocenters. The van der Waals surface area contributed by atoms with Crippen molar-refractivity contribution in [1.82, 2.24) is 4.90 Å². The van der Waals surface area contributed by atoms with E-state index in [1.54, 1.807) is 16.9 Å². The summed E-state index contributed by atoms with van der Waals surface area (Å²) in [5.41, 5.74) is 3.15. The molecule has 1 aromatic carbocycles. The first kappa shape index (κ1) is 20.2. The van der Waals surface area contributed by atoms with Crippen molar-refractivity contribution < 1.29 is 19.1 Å². The van der Waals surface area contributed by atoms with Crippen LogP contribution in [0.1, 0.15) is 37.3 Å². The summed E-state index contributed by atoms with van der Waals surface area (Å²) in [5.74, 6) is -0.0835. The molecule has 1 aromatic rings. The fourth-order valence-corrected chi connectivity index (χ4v) is 3.13. The minimum absolute atomic E-state index is 0.0344. The molecule has 0 spiro atoms. The summed E-state index contributed by atoms with van der Waals surface area (Å²) < 4.78 is 10.5. The van der Waals surface area contributed by atoms with Crippen molar-refractivity contribution in [3.8, 4) is 0 Å². The predicted molar refractivity (Wildman–Crippen MR) is 102 cm³/mol. The number of unbranched alkanes of at least 4 members (excludes halogenated alkanes) is 1. The third-order valence-corrected chi connectivity index (χ3v) is 4.92. The number of hydrogen-bond acceptors (Lipinski definition) is 4. The Labute approximate surface area is 156 Å².